The predicted octanol–water partition coefficient (Wildman–Crippen LogP) is 11.7. The number of hydrogen-bond acceptors (Lipinski definition) is 0. The van der Waals surface area contributed by atoms with Crippen LogP contribution in [0, 0.1) is 0 Å². The Kier molecular flexibility index (Phi) is 6.20. The van der Waals surface area contributed by atoms with Crippen molar-refractivity contribution in [2.45, 2.75) is 128 Å². The van der Waals surface area contributed by atoms with Crippen LogP contribution >= 0.6 is 0 Å². The van der Waals surface area contributed by atoms with E-state index >= 15 is 0 Å². The van der Waals surface area contributed by atoms with Gasteiger partial charge in [-0.25, -0.2) is 0 Å². The van der Waals surface area contributed by atoms with Gasteiger partial charge in [-0.05, 0) is 88.4 Å². The summed E-state index contributed by atoms with van der Waals surface area (Å²) >= 11 is 0. The first-order valence-corrected chi connectivity index (χ1v) is 16.9. The van der Waals surface area contributed by atoms with Gasteiger partial charge in [-0.15, -0.1) is 0 Å². The number of hydrogen-bond donors (Lipinski definition) is 0. The standard InChI is InChI=1S/C44H52/c1-41(2,3)25-13-17-29-33(21-25)37-30-18-14-26(42(4,5)6)22-34(30)38(29)40-32-20-16-27(43(7,8)9)23-35(32)39(37)31-19-15-28(24-36(31)40)44(10,11)12/h13-24,37-40H,1-12H3/t37-,38-,39-,40-/m0/s1. The van der Waals surface area contributed by atoms with E-state index in [2.05, 4.69) is 156 Å². The summed E-state index contributed by atoms with van der Waals surface area (Å²) < 4.78 is 0. The fraction of sp³-hybridized carbons (Fsp3) is 0.455. The van der Waals surface area contributed by atoms with Crippen LogP contribution in [-0.2, 0) is 21.7 Å². The van der Waals surface area contributed by atoms with Crippen molar-refractivity contribution < 1.29 is 0 Å². The van der Waals surface area contributed by atoms with Crippen molar-refractivity contribution in [1.29, 1.82) is 0 Å². The zero-order valence-electron chi connectivity index (χ0n) is 29.2. The van der Waals surface area contributed by atoms with E-state index < -0.39 is 0 Å². The molecule has 4 atom stereocenters. The van der Waals surface area contributed by atoms with Gasteiger partial charge in [0.1, 0.15) is 0 Å². The average molecular weight is 581 g/mol. The predicted molar refractivity (Wildman–Crippen MR) is 188 cm³/mol. The van der Waals surface area contributed by atoms with Crippen molar-refractivity contribution in [3.05, 3.63) is 140 Å². The van der Waals surface area contributed by atoms with Crippen molar-refractivity contribution >= 4 is 0 Å². The first-order chi connectivity index (χ1) is 20.4. The minimum atomic E-state index is 0.103. The highest BCUT2D eigenvalue weighted by molar-refractivity contribution is 5.69. The zero-order chi connectivity index (χ0) is 31.7. The SMILES string of the molecule is CC(C)(C)c1ccc2c(c1)[C@@H]1c3ccc(C(C)(C)C)cc3[C@H]2[C@H]2c3ccc(C(C)(C)C)cc3[C@@H]1c1ccc(C(C)(C)C)cc12. The van der Waals surface area contributed by atoms with Gasteiger partial charge in [0.2, 0.25) is 0 Å². The van der Waals surface area contributed by atoms with Gasteiger partial charge in [0, 0.05) is 23.7 Å². The molecule has 0 heterocycles. The largest absolute Gasteiger partial charge is 0.0582 e. The minimum absolute atomic E-state index is 0.103. The molecule has 4 aromatic rings. The molecule has 44 heavy (non-hydrogen) atoms. The lowest BCUT2D eigenvalue weighted by molar-refractivity contribution is 0.513. The smallest absolute Gasteiger partial charge is 0.0205 e. The third-order valence-electron chi connectivity index (χ3n) is 11.2. The summed E-state index contributed by atoms with van der Waals surface area (Å²) in [4.78, 5) is 0. The molecule has 228 valence electrons. The van der Waals surface area contributed by atoms with E-state index in [4.69, 9.17) is 0 Å². The Morgan fingerprint density at radius 1 is 0.273 bits per heavy atom. The maximum atomic E-state index is 2.60. The molecule has 4 bridgehead atoms. The summed E-state index contributed by atoms with van der Waals surface area (Å²) in [5.74, 6) is 1.12. The van der Waals surface area contributed by atoms with E-state index in [0.29, 0.717) is 0 Å². The van der Waals surface area contributed by atoms with Crippen LogP contribution in [0.25, 0.3) is 0 Å². The summed E-state index contributed by atoms with van der Waals surface area (Å²) in [6.07, 6.45) is 0. The fourth-order valence-corrected chi connectivity index (χ4v) is 8.48. The normalized spacial score (nSPS) is 22.1. The Labute approximate surface area is 267 Å². The molecule has 0 unspecified atom stereocenters. The van der Waals surface area contributed by atoms with Gasteiger partial charge < -0.3 is 0 Å². The molecule has 0 heteroatoms. The van der Waals surface area contributed by atoms with Crippen molar-refractivity contribution in [1.82, 2.24) is 0 Å². The molecular formula is C44H52. The van der Waals surface area contributed by atoms with Crippen LogP contribution in [0.15, 0.2) is 72.8 Å². The van der Waals surface area contributed by atoms with Gasteiger partial charge >= 0.3 is 0 Å². The Morgan fingerprint density at radius 3 is 0.614 bits per heavy atom. The van der Waals surface area contributed by atoms with E-state index in [-0.39, 0.29) is 45.3 Å². The number of benzene rings is 4. The van der Waals surface area contributed by atoms with Crippen LogP contribution in [0.1, 0.15) is 174 Å². The van der Waals surface area contributed by atoms with E-state index in [1.807, 2.05) is 0 Å². The molecule has 6 aliphatic rings. The lowest BCUT2D eigenvalue weighted by atomic mass is 9.52. The maximum Gasteiger partial charge on any atom is 0.0205 e. The van der Waals surface area contributed by atoms with Crippen LogP contribution in [0.3, 0.4) is 0 Å². The van der Waals surface area contributed by atoms with Gasteiger partial charge in [0.25, 0.3) is 0 Å². The molecule has 0 saturated carbocycles. The van der Waals surface area contributed by atoms with E-state index in [9.17, 15) is 0 Å². The van der Waals surface area contributed by atoms with Crippen LogP contribution < -0.4 is 0 Å². The van der Waals surface area contributed by atoms with Gasteiger partial charge in [-0.3, -0.25) is 0 Å². The molecule has 0 spiro atoms. The van der Waals surface area contributed by atoms with Crippen LogP contribution in [-0.4, -0.2) is 0 Å². The van der Waals surface area contributed by atoms with Gasteiger partial charge in [-0.2, -0.15) is 0 Å². The van der Waals surface area contributed by atoms with E-state index in [0.717, 1.165) is 0 Å². The molecule has 10 rings (SSSR count). The lowest BCUT2D eigenvalue weighted by Crippen LogP contribution is -2.37. The molecule has 0 saturated heterocycles. The molecular weight excluding hydrogens is 528 g/mol. The van der Waals surface area contributed by atoms with Crippen molar-refractivity contribution in [2.24, 2.45) is 0 Å². The fourth-order valence-electron chi connectivity index (χ4n) is 8.48. The molecule has 0 radical (unpaired) electrons. The monoisotopic (exact) mass is 580 g/mol. The second kappa shape index (κ2) is 9.22. The van der Waals surface area contributed by atoms with Gasteiger partial charge in [0.05, 0.1) is 0 Å². The Hall–Kier alpha value is -3.12. The minimum Gasteiger partial charge on any atom is -0.0582 e. The molecule has 0 aromatic heterocycles. The van der Waals surface area contributed by atoms with Gasteiger partial charge in [0.15, 0.2) is 0 Å². The molecule has 0 nitrogen and oxygen atoms in total. The third kappa shape index (κ3) is 4.38. The summed E-state index contributed by atoms with van der Waals surface area (Å²) in [5, 5.41) is 0. The third-order valence-corrected chi connectivity index (χ3v) is 11.2. The van der Waals surface area contributed by atoms with E-state index in [1.165, 1.54) is 22.3 Å². The Balaban J connectivity index is 1.62. The summed E-state index contributed by atoms with van der Waals surface area (Å²) in [6, 6.07) is 30.3. The highest BCUT2D eigenvalue weighted by Crippen LogP contribution is 2.65. The molecule has 0 N–H and O–H groups in total. The lowest BCUT2D eigenvalue weighted by Gasteiger charge is -2.51. The second-order valence-corrected chi connectivity index (χ2v) is 18.3. The number of rotatable bonds is 0. The average Bonchev–Trinajstić information content (AvgIpc) is 2.90. The quantitative estimate of drug-likeness (QED) is 0.194. The molecule has 6 aliphatic carbocycles. The molecule has 0 amide bonds. The second-order valence-electron chi connectivity index (χ2n) is 18.3. The Bertz CT molecular complexity index is 1530. The zero-order valence-corrected chi connectivity index (χ0v) is 29.2. The van der Waals surface area contributed by atoms with Crippen molar-refractivity contribution in [2.75, 3.05) is 0 Å². The van der Waals surface area contributed by atoms with Crippen molar-refractivity contribution in [3.63, 3.8) is 0 Å². The van der Waals surface area contributed by atoms with E-state index in [1.54, 1.807) is 44.5 Å². The van der Waals surface area contributed by atoms with Crippen molar-refractivity contribution in [3.8, 4) is 0 Å². The van der Waals surface area contributed by atoms with Crippen LogP contribution in [0.5, 0.6) is 0 Å². The van der Waals surface area contributed by atoms with Crippen LogP contribution in [0.2, 0.25) is 0 Å². The topological polar surface area (TPSA) is 0 Å². The summed E-state index contributed by atoms with van der Waals surface area (Å²) in [5.41, 5.74) is 18.6. The first-order valence-electron chi connectivity index (χ1n) is 16.9. The van der Waals surface area contributed by atoms with Crippen LogP contribution in [0.4, 0.5) is 0 Å². The summed E-state index contributed by atoms with van der Waals surface area (Å²) in [6.45, 7) is 28.3. The first kappa shape index (κ1) is 29.6. The maximum absolute atomic E-state index is 2.60. The molecule has 0 aliphatic heterocycles. The molecule has 0 fully saturated rings. The molecule has 4 aromatic carbocycles. The highest BCUT2D eigenvalue weighted by Gasteiger charge is 2.50. The highest BCUT2D eigenvalue weighted by atomic mass is 14.5. The Morgan fingerprint density at radius 2 is 0.455 bits per heavy atom. The summed E-state index contributed by atoms with van der Waals surface area (Å²) in [7, 11) is 0. The van der Waals surface area contributed by atoms with Gasteiger partial charge in [-0.1, -0.05) is 156 Å².